The Kier molecular flexibility index (Phi) is 4.24. The number of amides is 1. The Bertz CT molecular complexity index is 918. The van der Waals surface area contributed by atoms with Gasteiger partial charge in [0.25, 0.3) is 11.5 Å². The van der Waals surface area contributed by atoms with Gasteiger partial charge in [-0.25, -0.2) is 4.39 Å². The maximum absolute atomic E-state index is 13.0. The molecule has 0 spiro atoms. The third-order valence-corrected chi connectivity index (χ3v) is 3.74. The van der Waals surface area contributed by atoms with Crippen LogP contribution in [0.1, 0.15) is 10.4 Å². The molecule has 0 saturated carbocycles. The van der Waals surface area contributed by atoms with Crippen molar-refractivity contribution in [2.24, 2.45) is 0 Å². The van der Waals surface area contributed by atoms with Gasteiger partial charge in [-0.1, -0.05) is 18.2 Å². The van der Waals surface area contributed by atoms with E-state index in [1.165, 1.54) is 23.1 Å². The number of aromatic nitrogens is 1. The number of hydrogen-bond donors (Lipinski definition) is 1. The number of benzene rings is 2. The Morgan fingerprint density at radius 1 is 0.958 bits per heavy atom. The van der Waals surface area contributed by atoms with Crippen LogP contribution in [0, 0.1) is 5.82 Å². The van der Waals surface area contributed by atoms with E-state index in [2.05, 4.69) is 4.98 Å². The van der Waals surface area contributed by atoms with Crippen molar-refractivity contribution >= 4 is 11.6 Å². The molecule has 0 saturated heterocycles. The number of nitrogens with one attached hydrogen (secondary N) is 1. The first-order valence-electron chi connectivity index (χ1n) is 7.38. The van der Waals surface area contributed by atoms with E-state index in [0.717, 1.165) is 0 Å². The van der Waals surface area contributed by atoms with Gasteiger partial charge in [-0.05, 0) is 54.1 Å². The number of para-hydroxylation sites is 1. The molecule has 3 aromatic rings. The molecule has 0 aliphatic rings. The normalized spacial score (nSPS) is 10.4. The first-order chi connectivity index (χ1) is 11.6. The van der Waals surface area contributed by atoms with Crippen molar-refractivity contribution in [1.29, 1.82) is 0 Å². The SMILES string of the molecule is CN(C(=O)c1ccc(-c2ccc(F)cc2)[nH]c1=O)c1ccccc1. The van der Waals surface area contributed by atoms with Gasteiger partial charge in [-0.15, -0.1) is 0 Å². The standard InChI is InChI=1S/C19H15FN2O2/c1-22(15-5-3-2-4-6-15)19(24)16-11-12-17(21-18(16)23)13-7-9-14(20)10-8-13/h2-12H,1H3,(H,21,23). The van der Waals surface area contributed by atoms with Gasteiger partial charge < -0.3 is 9.88 Å². The number of pyridine rings is 1. The smallest absolute Gasteiger partial charge is 0.263 e. The van der Waals surface area contributed by atoms with E-state index in [9.17, 15) is 14.0 Å². The second-order valence-electron chi connectivity index (χ2n) is 5.32. The maximum Gasteiger partial charge on any atom is 0.263 e. The number of carbonyl (C=O) groups excluding carboxylic acids is 1. The zero-order valence-electron chi connectivity index (χ0n) is 13.0. The maximum atomic E-state index is 13.0. The molecule has 2 aromatic carbocycles. The average Bonchev–Trinajstić information content (AvgIpc) is 2.62. The van der Waals surface area contributed by atoms with Crippen LogP contribution in [0.5, 0.6) is 0 Å². The second-order valence-corrected chi connectivity index (χ2v) is 5.32. The third kappa shape index (κ3) is 3.10. The van der Waals surface area contributed by atoms with Crippen LogP contribution in [0.15, 0.2) is 71.5 Å². The molecule has 0 atom stereocenters. The van der Waals surface area contributed by atoms with Crippen molar-refractivity contribution in [3.63, 3.8) is 0 Å². The van der Waals surface area contributed by atoms with Gasteiger partial charge in [0.05, 0.1) is 0 Å². The molecule has 0 fully saturated rings. The number of anilines is 1. The summed E-state index contributed by atoms with van der Waals surface area (Å²) in [6.07, 6.45) is 0. The molecule has 1 aromatic heterocycles. The molecular formula is C19H15FN2O2. The summed E-state index contributed by atoms with van der Waals surface area (Å²) < 4.78 is 13.0. The van der Waals surface area contributed by atoms with Gasteiger partial charge in [0.1, 0.15) is 11.4 Å². The van der Waals surface area contributed by atoms with E-state index >= 15 is 0 Å². The molecular weight excluding hydrogens is 307 g/mol. The zero-order valence-corrected chi connectivity index (χ0v) is 13.0. The molecule has 0 aliphatic heterocycles. The first-order valence-corrected chi connectivity index (χ1v) is 7.38. The molecule has 5 heteroatoms. The van der Waals surface area contributed by atoms with Crippen LogP contribution in [0.2, 0.25) is 0 Å². The van der Waals surface area contributed by atoms with Crippen molar-refractivity contribution < 1.29 is 9.18 Å². The van der Waals surface area contributed by atoms with Crippen LogP contribution in [0.25, 0.3) is 11.3 Å². The lowest BCUT2D eigenvalue weighted by Crippen LogP contribution is -2.31. The minimum atomic E-state index is -0.482. The number of aromatic amines is 1. The van der Waals surface area contributed by atoms with Gasteiger partial charge >= 0.3 is 0 Å². The molecule has 4 nitrogen and oxygen atoms in total. The van der Waals surface area contributed by atoms with E-state index in [-0.39, 0.29) is 11.4 Å². The van der Waals surface area contributed by atoms with Crippen molar-refractivity contribution in [2.75, 3.05) is 11.9 Å². The summed E-state index contributed by atoms with van der Waals surface area (Å²) in [5.74, 6) is -0.745. The highest BCUT2D eigenvalue weighted by atomic mass is 19.1. The molecule has 120 valence electrons. The summed E-state index contributed by atoms with van der Waals surface area (Å²) in [5, 5.41) is 0. The fraction of sp³-hybridized carbons (Fsp3) is 0.0526. The highest BCUT2D eigenvalue weighted by Crippen LogP contribution is 2.17. The summed E-state index contributed by atoms with van der Waals surface area (Å²) >= 11 is 0. The van der Waals surface area contributed by atoms with Crippen molar-refractivity contribution in [1.82, 2.24) is 4.98 Å². The monoisotopic (exact) mass is 322 g/mol. The van der Waals surface area contributed by atoms with Gasteiger partial charge in [-0.2, -0.15) is 0 Å². The number of carbonyl (C=O) groups is 1. The highest BCUT2D eigenvalue weighted by molar-refractivity contribution is 6.05. The quantitative estimate of drug-likeness (QED) is 0.803. The van der Waals surface area contributed by atoms with E-state index in [4.69, 9.17) is 0 Å². The van der Waals surface area contributed by atoms with Crippen LogP contribution < -0.4 is 10.5 Å². The molecule has 1 heterocycles. The Labute approximate surface area is 138 Å². The molecule has 0 radical (unpaired) electrons. The van der Waals surface area contributed by atoms with Crippen LogP contribution in [0.3, 0.4) is 0 Å². The summed E-state index contributed by atoms with van der Waals surface area (Å²) in [4.78, 5) is 28.9. The predicted octanol–water partition coefficient (Wildman–Crippen LogP) is 3.46. The number of H-pyrrole nitrogens is 1. The minimum absolute atomic E-state index is 0.0483. The van der Waals surface area contributed by atoms with E-state index in [0.29, 0.717) is 16.9 Å². The summed E-state index contributed by atoms with van der Waals surface area (Å²) in [7, 11) is 1.62. The predicted molar refractivity (Wildman–Crippen MR) is 91.6 cm³/mol. The van der Waals surface area contributed by atoms with Crippen LogP contribution in [0.4, 0.5) is 10.1 Å². The number of hydrogen-bond acceptors (Lipinski definition) is 2. The zero-order chi connectivity index (χ0) is 17.1. The number of rotatable bonds is 3. The fourth-order valence-corrected chi connectivity index (χ4v) is 2.39. The summed E-state index contributed by atoms with van der Waals surface area (Å²) in [6, 6.07) is 18.0. The Hall–Kier alpha value is -3.21. The Morgan fingerprint density at radius 2 is 1.62 bits per heavy atom. The van der Waals surface area contributed by atoms with Gasteiger partial charge in [0, 0.05) is 18.4 Å². The molecule has 1 N–H and O–H groups in total. The third-order valence-electron chi connectivity index (χ3n) is 3.74. The van der Waals surface area contributed by atoms with Gasteiger partial charge in [0.15, 0.2) is 0 Å². The lowest BCUT2D eigenvalue weighted by atomic mass is 10.1. The Morgan fingerprint density at radius 3 is 2.25 bits per heavy atom. The van der Waals surface area contributed by atoms with E-state index < -0.39 is 11.5 Å². The number of nitrogens with zero attached hydrogens (tertiary/aromatic N) is 1. The van der Waals surface area contributed by atoms with Crippen molar-refractivity contribution in [3.8, 4) is 11.3 Å². The lowest BCUT2D eigenvalue weighted by molar-refractivity contribution is 0.0991. The van der Waals surface area contributed by atoms with Crippen LogP contribution in [-0.2, 0) is 0 Å². The average molecular weight is 322 g/mol. The first kappa shape index (κ1) is 15.7. The second kappa shape index (κ2) is 6.50. The number of halogens is 1. The highest BCUT2D eigenvalue weighted by Gasteiger charge is 2.17. The molecule has 0 aliphatic carbocycles. The topological polar surface area (TPSA) is 53.2 Å². The van der Waals surface area contributed by atoms with E-state index in [1.807, 2.05) is 18.2 Å². The summed E-state index contributed by atoms with van der Waals surface area (Å²) in [5.41, 5.74) is 1.46. The minimum Gasteiger partial charge on any atom is -0.321 e. The summed E-state index contributed by atoms with van der Waals surface area (Å²) in [6.45, 7) is 0. The molecule has 0 bridgehead atoms. The van der Waals surface area contributed by atoms with E-state index in [1.54, 1.807) is 37.4 Å². The van der Waals surface area contributed by atoms with Crippen LogP contribution >= 0.6 is 0 Å². The Balaban J connectivity index is 1.91. The van der Waals surface area contributed by atoms with Gasteiger partial charge in [-0.3, -0.25) is 9.59 Å². The molecule has 1 amide bonds. The lowest BCUT2D eigenvalue weighted by Gasteiger charge is -2.17. The molecule has 24 heavy (non-hydrogen) atoms. The van der Waals surface area contributed by atoms with Crippen molar-refractivity contribution in [3.05, 3.63) is 88.5 Å². The largest absolute Gasteiger partial charge is 0.321 e. The van der Waals surface area contributed by atoms with Gasteiger partial charge in [0.2, 0.25) is 0 Å². The van der Waals surface area contributed by atoms with Crippen molar-refractivity contribution in [2.45, 2.75) is 0 Å². The fourth-order valence-electron chi connectivity index (χ4n) is 2.39. The van der Waals surface area contributed by atoms with Crippen LogP contribution in [-0.4, -0.2) is 17.9 Å². The molecule has 0 unspecified atom stereocenters. The molecule has 3 rings (SSSR count).